The van der Waals surface area contributed by atoms with Crippen molar-refractivity contribution >= 4 is 16.6 Å². The molecule has 0 fully saturated rings. The van der Waals surface area contributed by atoms with Crippen molar-refractivity contribution in [3.05, 3.63) is 53.7 Å². The maximum Gasteiger partial charge on any atom is 0.203 e. The third-order valence-corrected chi connectivity index (χ3v) is 4.43. The first kappa shape index (κ1) is 17.9. The highest BCUT2D eigenvalue weighted by Crippen LogP contribution is 2.40. The highest BCUT2D eigenvalue weighted by Gasteiger charge is 2.18. The number of hydrogen-bond acceptors (Lipinski definition) is 5. The standard InChI is InChI=1S/C21H24N2O3/c1-14-12-18(16-8-6-7-9-17(16)22-14)23(2)13-15-10-11-19(24-3)21(26-5)20(15)25-4/h6-12H,13H2,1-5H3. The van der Waals surface area contributed by atoms with Gasteiger partial charge in [0, 0.05) is 35.9 Å². The molecule has 0 N–H and O–H groups in total. The van der Waals surface area contributed by atoms with Gasteiger partial charge in [0.15, 0.2) is 11.5 Å². The number of fused-ring (bicyclic) bond motifs is 1. The summed E-state index contributed by atoms with van der Waals surface area (Å²) in [6, 6.07) is 14.2. The SMILES string of the molecule is COc1ccc(CN(C)c2cc(C)nc3ccccc23)c(OC)c1OC. The molecule has 0 saturated heterocycles. The fraction of sp³-hybridized carbons (Fsp3) is 0.286. The number of nitrogens with zero attached hydrogens (tertiary/aromatic N) is 2. The zero-order chi connectivity index (χ0) is 18.7. The van der Waals surface area contributed by atoms with Gasteiger partial charge in [-0.05, 0) is 31.2 Å². The lowest BCUT2D eigenvalue weighted by Gasteiger charge is -2.24. The average Bonchev–Trinajstić information content (AvgIpc) is 2.66. The number of pyridine rings is 1. The minimum atomic E-state index is 0.608. The van der Waals surface area contributed by atoms with Gasteiger partial charge in [0.2, 0.25) is 5.75 Å². The Bertz CT molecular complexity index is 925. The Labute approximate surface area is 154 Å². The fourth-order valence-corrected chi connectivity index (χ4v) is 3.23. The van der Waals surface area contributed by atoms with Crippen molar-refractivity contribution in [2.75, 3.05) is 33.3 Å². The molecular formula is C21H24N2O3. The zero-order valence-electron chi connectivity index (χ0n) is 15.9. The summed E-state index contributed by atoms with van der Waals surface area (Å²) in [7, 11) is 6.95. The number of methoxy groups -OCH3 is 3. The molecule has 3 aromatic rings. The summed E-state index contributed by atoms with van der Waals surface area (Å²) in [6.07, 6.45) is 0. The average molecular weight is 352 g/mol. The second-order valence-electron chi connectivity index (χ2n) is 6.15. The van der Waals surface area contributed by atoms with Crippen LogP contribution in [0.25, 0.3) is 10.9 Å². The molecule has 26 heavy (non-hydrogen) atoms. The highest BCUT2D eigenvalue weighted by atomic mass is 16.5. The van der Waals surface area contributed by atoms with E-state index in [1.54, 1.807) is 21.3 Å². The van der Waals surface area contributed by atoms with Crippen LogP contribution in [-0.2, 0) is 6.54 Å². The third-order valence-electron chi connectivity index (χ3n) is 4.43. The molecule has 3 rings (SSSR count). The molecule has 0 spiro atoms. The van der Waals surface area contributed by atoms with Gasteiger partial charge in [-0.3, -0.25) is 4.98 Å². The molecule has 1 heterocycles. The van der Waals surface area contributed by atoms with Gasteiger partial charge < -0.3 is 19.1 Å². The van der Waals surface area contributed by atoms with E-state index in [0.29, 0.717) is 23.8 Å². The maximum absolute atomic E-state index is 5.61. The van der Waals surface area contributed by atoms with E-state index in [1.807, 2.05) is 37.3 Å². The lowest BCUT2D eigenvalue weighted by Crippen LogP contribution is -2.18. The molecule has 0 amide bonds. The van der Waals surface area contributed by atoms with Crippen molar-refractivity contribution in [2.45, 2.75) is 13.5 Å². The van der Waals surface area contributed by atoms with E-state index in [-0.39, 0.29) is 0 Å². The largest absolute Gasteiger partial charge is 0.493 e. The fourth-order valence-electron chi connectivity index (χ4n) is 3.23. The molecule has 0 aliphatic carbocycles. The van der Waals surface area contributed by atoms with Crippen molar-refractivity contribution in [3.8, 4) is 17.2 Å². The van der Waals surface area contributed by atoms with Crippen LogP contribution in [-0.4, -0.2) is 33.4 Å². The Balaban J connectivity index is 2.02. The highest BCUT2D eigenvalue weighted by molar-refractivity contribution is 5.91. The summed E-state index contributed by atoms with van der Waals surface area (Å²) in [5.74, 6) is 1.95. The van der Waals surface area contributed by atoms with Gasteiger partial charge in [0.05, 0.1) is 26.8 Å². The molecule has 5 nitrogen and oxygen atoms in total. The van der Waals surface area contributed by atoms with E-state index in [9.17, 15) is 0 Å². The summed E-state index contributed by atoms with van der Waals surface area (Å²) < 4.78 is 16.5. The van der Waals surface area contributed by atoms with E-state index in [1.165, 1.54) is 0 Å². The van der Waals surface area contributed by atoms with E-state index >= 15 is 0 Å². The molecular weight excluding hydrogens is 328 g/mol. The van der Waals surface area contributed by atoms with E-state index in [4.69, 9.17) is 14.2 Å². The number of benzene rings is 2. The third kappa shape index (κ3) is 3.25. The van der Waals surface area contributed by atoms with Crippen LogP contribution in [0.3, 0.4) is 0 Å². The number of anilines is 1. The lowest BCUT2D eigenvalue weighted by atomic mass is 10.1. The first-order chi connectivity index (χ1) is 12.6. The molecule has 0 bridgehead atoms. The summed E-state index contributed by atoms with van der Waals surface area (Å²) in [5.41, 5.74) is 4.13. The molecule has 0 atom stereocenters. The number of hydrogen-bond donors (Lipinski definition) is 0. The van der Waals surface area contributed by atoms with Crippen molar-refractivity contribution in [2.24, 2.45) is 0 Å². The van der Waals surface area contributed by atoms with E-state index in [0.717, 1.165) is 27.8 Å². The Kier molecular flexibility index (Phi) is 5.16. The second kappa shape index (κ2) is 7.52. The number of ether oxygens (including phenoxy) is 3. The van der Waals surface area contributed by atoms with Gasteiger partial charge in [-0.2, -0.15) is 0 Å². The molecule has 5 heteroatoms. The van der Waals surface area contributed by atoms with Crippen LogP contribution in [0, 0.1) is 6.92 Å². The molecule has 0 aliphatic rings. The van der Waals surface area contributed by atoms with Crippen molar-refractivity contribution < 1.29 is 14.2 Å². The van der Waals surface area contributed by atoms with Crippen molar-refractivity contribution in [3.63, 3.8) is 0 Å². The zero-order valence-corrected chi connectivity index (χ0v) is 15.9. The van der Waals surface area contributed by atoms with Gasteiger partial charge >= 0.3 is 0 Å². The maximum atomic E-state index is 5.61. The molecule has 0 unspecified atom stereocenters. The molecule has 136 valence electrons. The van der Waals surface area contributed by atoms with E-state index < -0.39 is 0 Å². The van der Waals surface area contributed by atoms with E-state index in [2.05, 4.69) is 29.1 Å². The summed E-state index contributed by atoms with van der Waals surface area (Å²) in [4.78, 5) is 6.82. The van der Waals surface area contributed by atoms with Crippen LogP contribution in [0.15, 0.2) is 42.5 Å². The normalized spacial score (nSPS) is 10.7. The molecule has 0 radical (unpaired) electrons. The molecule has 2 aromatic carbocycles. The summed E-state index contributed by atoms with van der Waals surface area (Å²) in [6.45, 7) is 2.68. The van der Waals surface area contributed by atoms with Gasteiger partial charge in [-0.1, -0.05) is 18.2 Å². The van der Waals surface area contributed by atoms with Crippen LogP contribution in [0.2, 0.25) is 0 Å². The Morgan fingerprint density at radius 1 is 0.923 bits per heavy atom. The van der Waals surface area contributed by atoms with Crippen molar-refractivity contribution in [1.29, 1.82) is 0 Å². The molecule has 1 aromatic heterocycles. The van der Waals surface area contributed by atoms with Gasteiger partial charge in [-0.15, -0.1) is 0 Å². The summed E-state index contributed by atoms with van der Waals surface area (Å²) in [5, 5.41) is 1.13. The Morgan fingerprint density at radius 3 is 2.35 bits per heavy atom. The van der Waals surface area contributed by atoms with Crippen LogP contribution in [0.4, 0.5) is 5.69 Å². The first-order valence-corrected chi connectivity index (χ1v) is 8.44. The van der Waals surface area contributed by atoms with Crippen LogP contribution in [0.5, 0.6) is 17.2 Å². The number of para-hydroxylation sites is 1. The van der Waals surface area contributed by atoms with Gasteiger partial charge in [0.1, 0.15) is 0 Å². The quantitative estimate of drug-likeness (QED) is 0.665. The van der Waals surface area contributed by atoms with Crippen LogP contribution in [0.1, 0.15) is 11.3 Å². The first-order valence-electron chi connectivity index (χ1n) is 8.44. The lowest BCUT2D eigenvalue weighted by molar-refractivity contribution is 0.322. The Hall–Kier alpha value is -2.95. The van der Waals surface area contributed by atoms with Gasteiger partial charge in [0.25, 0.3) is 0 Å². The monoisotopic (exact) mass is 352 g/mol. The van der Waals surface area contributed by atoms with Crippen molar-refractivity contribution in [1.82, 2.24) is 4.98 Å². The second-order valence-corrected chi connectivity index (χ2v) is 6.15. The Morgan fingerprint density at radius 2 is 1.65 bits per heavy atom. The number of aromatic nitrogens is 1. The van der Waals surface area contributed by atoms with Crippen LogP contribution < -0.4 is 19.1 Å². The molecule has 0 aliphatic heterocycles. The van der Waals surface area contributed by atoms with Gasteiger partial charge in [-0.25, -0.2) is 0 Å². The predicted molar refractivity (Wildman–Crippen MR) is 105 cm³/mol. The minimum Gasteiger partial charge on any atom is -0.493 e. The van der Waals surface area contributed by atoms with Crippen LogP contribution >= 0.6 is 0 Å². The summed E-state index contributed by atoms with van der Waals surface area (Å²) >= 11 is 0. The number of aryl methyl sites for hydroxylation is 1. The smallest absolute Gasteiger partial charge is 0.203 e. The molecule has 0 saturated carbocycles. The minimum absolute atomic E-state index is 0.608. The predicted octanol–water partition coefficient (Wildman–Crippen LogP) is 4.21. The number of rotatable bonds is 6. The topological polar surface area (TPSA) is 43.8 Å².